The number of hydrogen-bond acceptors (Lipinski definition) is 5. The number of nitrogens with one attached hydrogen (secondary N) is 3. The molecule has 7 nitrogen and oxygen atoms in total. The SMILES string of the molecule is C=C1N[C@H]2[C@H](CC)NC(=O)N3C(OC(C)=O)C=CC23N1. The highest BCUT2D eigenvalue weighted by Gasteiger charge is 2.60. The zero-order valence-electron chi connectivity index (χ0n) is 11.5. The molecule has 0 aromatic carbocycles. The second kappa shape index (κ2) is 4.16. The van der Waals surface area contributed by atoms with Crippen LogP contribution in [-0.4, -0.2) is 40.9 Å². The van der Waals surface area contributed by atoms with Crippen molar-refractivity contribution in [3.8, 4) is 0 Å². The predicted molar refractivity (Wildman–Crippen MR) is 71.1 cm³/mol. The van der Waals surface area contributed by atoms with Gasteiger partial charge in [-0.25, -0.2) is 4.79 Å². The van der Waals surface area contributed by atoms with Crippen LogP contribution >= 0.6 is 0 Å². The summed E-state index contributed by atoms with van der Waals surface area (Å²) in [5, 5.41) is 9.41. The van der Waals surface area contributed by atoms with Crippen LogP contribution < -0.4 is 16.0 Å². The first-order valence-electron chi connectivity index (χ1n) is 6.68. The van der Waals surface area contributed by atoms with Crippen LogP contribution in [0.15, 0.2) is 24.6 Å². The zero-order chi connectivity index (χ0) is 14.5. The molecule has 2 amide bonds. The molecule has 3 heterocycles. The standard InChI is InChI=1S/C13H18N4O3/c1-4-9-11-13(16-7(2)14-11)6-5-10(20-8(3)18)17(13)12(19)15-9/h5-6,9-11,14,16H,2,4H2,1,3H3,(H,15,19)/t9-,10?,11-,13?/m0/s1. The van der Waals surface area contributed by atoms with Gasteiger partial charge in [0.05, 0.1) is 17.9 Å². The molecule has 0 aromatic heterocycles. The summed E-state index contributed by atoms with van der Waals surface area (Å²) in [6.07, 6.45) is 3.69. The summed E-state index contributed by atoms with van der Waals surface area (Å²) >= 11 is 0. The Hall–Kier alpha value is -2.18. The summed E-state index contributed by atoms with van der Waals surface area (Å²) in [6, 6.07) is -0.339. The molecule has 0 aromatic rings. The van der Waals surface area contributed by atoms with Crippen LogP contribution in [0.3, 0.4) is 0 Å². The molecule has 7 heteroatoms. The molecule has 3 N–H and O–H groups in total. The highest BCUT2D eigenvalue weighted by Crippen LogP contribution is 2.38. The molecule has 1 spiro atoms. The van der Waals surface area contributed by atoms with Crippen LogP contribution in [0.1, 0.15) is 20.3 Å². The molecule has 0 bridgehead atoms. The molecule has 0 aliphatic carbocycles. The third kappa shape index (κ3) is 1.59. The van der Waals surface area contributed by atoms with Crippen molar-refractivity contribution in [2.75, 3.05) is 0 Å². The molecule has 0 saturated carbocycles. The summed E-state index contributed by atoms with van der Waals surface area (Å²) in [6.45, 7) is 7.22. The van der Waals surface area contributed by atoms with Crippen molar-refractivity contribution in [2.45, 2.75) is 44.2 Å². The molecule has 2 fully saturated rings. The minimum atomic E-state index is -0.722. The highest BCUT2D eigenvalue weighted by molar-refractivity contribution is 5.80. The Labute approximate surface area is 117 Å². The van der Waals surface area contributed by atoms with Gasteiger partial charge in [-0.1, -0.05) is 13.5 Å². The third-order valence-electron chi connectivity index (χ3n) is 3.98. The minimum Gasteiger partial charge on any atom is -0.438 e. The maximum atomic E-state index is 12.4. The number of nitrogens with zero attached hydrogens (tertiary/aromatic N) is 1. The molecule has 2 unspecified atom stereocenters. The Morgan fingerprint density at radius 3 is 2.95 bits per heavy atom. The van der Waals surface area contributed by atoms with Crippen LogP contribution in [-0.2, 0) is 9.53 Å². The van der Waals surface area contributed by atoms with E-state index in [9.17, 15) is 9.59 Å². The van der Waals surface area contributed by atoms with Crippen molar-refractivity contribution in [3.63, 3.8) is 0 Å². The lowest BCUT2D eigenvalue weighted by molar-refractivity contribution is -0.152. The molecule has 3 rings (SSSR count). The smallest absolute Gasteiger partial charge is 0.323 e. The molecular formula is C13H18N4O3. The van der Waals surface area contributed by atoms with Gasteiger partial charge >= 0.3 is 12.0 Å². The van der Waals surface area contributed by atoms with Crippen molar-refractivity contribution < 1.29 is 14.3 Å². The summed E-state index contributed by atoms with van der Waals surface area (Å²) in [7, 11) is 0. The predicted octanol–water partition coefficient (Wildman–Crippen LogP) is -0.0219. The number of rotatable bonds is 2. The maximum absolute atomic E-state index is 12.4. The van der Waals surface area contributed by atoms with Crippen LogP contribution in [0, 0.1) is 0 Å². The fraction of sp³-hybridized carbons (Fsp3) is 0.538. The van der Waals surface area contributed by atoms with Crippen molar-refractivity contribution in [3.05, 3.63) is 24.6 Å². The second-order valence-electron chi connectivity index (χ2n) is 5.24. The Bertz CT molecular complexity index is 518. The number of hydrogen-bond donors (Lipinski definition) is 3. The van der Waals surface area contributed by atoms with Gasteiger partial charge in [-0.05, 0) is 18.6 Å². The Morgan fingerprint density at radius 2 is 2.30 bits per heavy atom. The van der Waals surface area contributed by atoms with E-state index in [2.05, 4.69) is 22.5 Å². The van der Waals surface area contributed by atoms with E-state index in [1.807, 2.05) is 13.0 Å². The van der Waals surface area contributed by atoms with Gasteiger partial charge in [0.2, 0.25) is 6.23 Å². The average molecular weight is 278 g/mol. The average Bonchev–Trinajstić information content (AvgIpc) is 2.88. The normalized spacial score (nSPS) is 37.7. The summed E-state index contributed by atoms with van der Waals surface area (Å²) in [5.41, 5.74) is -0.722. The largest absolute Gasteiger partial charge is 0.438 e. The van der Waals surface area contributed by atoms with Crippen molar-refractivity contribution in [1.29, 1.82) is 0 Å². The fourth-order valence-corrected chi connectivity index (χ4v) is 3.22. The zero-order valence-corrected chi connectivity index (χ0v) is 11.5. The first-order valence-corrected chi connectivity index (χ1v) is 6.68. The van der Waals surface area contributed by atoms with E-state index < -0.39 is 17.9 Å². The van der Waals surface area contributed by atoms with Crippen LogP contribution in [0.5, 0.6) is 0 Å². The first-order chi connectivity index (χ1) is 9.48. The van der Waals surface area contributed by atoms with Gasteiger partial charge in [-0.2, -0.15) is 0 Å². The number of carbonyl (C=O) groups is 2. The van der Waals surface area contributed by atoms with Gasteiger partial charge in [0.25, 0.3) is 0 Å². The van der Waals surface area contributed by atoms with Gasteiger partial charge in [0.15, 0.2) is 5.66 Å². The molecule has 2 saturated heterocycles. The van der Waals surface area contributed by atoms with E-state index in [0.29, 0.717) is 5.82 Å². The lowest BCUT2D eigenvalue weighted by Gasteiger charge is -2.47. The van der Waals surface area contributed by atoms with Crippen molar-refractivity contribution in [1.82, 2.24) is 20.9 Å². The van der Waals surface area contributed by atoms with E-state index >= 15 is 0 Å². The number of ether oxygens (including phenoxy) is 1. The molecule has 3 aliphatic heterocycles. The van der Waals surface area contributed by atoms with Crippen LogP contribution in [0.2, 0.25) is 0 Å². The maximum Gasteiger partial charge on any atom is 0.323 e. The molecule has 3 aliphatic rings. The van der Waals surface area contributed by atoms with Crippen LogP contribution in [0.25, 0.3) is 0 Å². The van der Waals surface area contributed by atoms with Gasteiger partial charge < -0.3 is 20.7 Å². The van der Waals surface area contributed by atoms with Crippen LogP contribution in [0.4, 0.5) is 4.79 Å². The Balaban J connectivity index is 1.98. The summed E-state index contributed by atoms with van der Waals surface area (Å²) < 4.78 is 5.20. The van der Waals surface area contributed by atoms with Gasteiger partial charge in [-0.15, -0.1) is 0 Å². The molecular weight excluding hydrogens is 260 g/mol. The number of urea groups is 1. The third-order valence-corrected chi connectivity index (χ3v) is 3.98. The quantitative estimate of drug-likeness (QED) is 0.488. The topological polar surface area (TPSA) is 82.7 Å². The van der Waals surface area contributed by atoms with E-state index in [1.54, 1.807) is 6.08 Å². The Kier molecular flexibility index (Phi) is 2.67. The molecule has 4 atom stereocenters. The fourth-order valence-electron chi connectivity index (χ4n) is 3.22. The Morgan fingerprint density at radius 1 is 1.55 bits per heavy atom. The van der Waals surface area contributed by atoms with Gasteiger partial charge in [0, 0.05) is 6.92 Å². The van der Waals surface area contributed by atoms with Gasteiger partial charge in [0.1, 0.15) is 0 Å². The van der Waals surface area contributed by atoms with E-state index in [4.69, 9.17) is 4.74 Å². The molecule has 108 valence electrons. The van der Waals surface area contributed by atoms with Crippen molar-refractivity contribution >= 4 is 12.0 Å². The van der Waals surface area contributed by atoms with E-state index in [0.717, 1.165) is 6.42 Å². The number of amides is 2. The highest BCUT2D eigenvalue weighted by atomic mass is 16.6. The summed E-state index contributed by atoms with van der Waals surface area (Å²) in [4.78, 5) is 25.1. The lowest BCUT2D eigenvalue weighted by Crippen LogP contribution is -2.74. The number of carbonyl (C=O) groups excluding carboxylic acids is 2. The second-order valence-corrected chi connectivity index (χ2v) is 5.24. The van der Waals surface area contributed by atoms with Crippen molar-refractivity contribution in [2.24, 2.45) is 0 Å². The molecule has 20 heavy (non-hydrogen) atoms. The van der Waals surface area contributed by atoms with E-state index in [1.165, 1.54) is 11.8 Å². The number of esters is 1. The monoisotopic (exact) mass is 278 g/mol. The summed E-state index contributed by atoms with van der Waals surface area (Å²) in [5.74, 6) is 0.228. The van der Waals surface area contributed by atoms with Gasteiger partial charge in [-0.3, -0.25) is 9.69 Å². The minimum absolute atomic E-state index is 0.0220. The van der Waals surface area contributed by atoms with E-state index in [-0.39, 0.29) is 18.1 Å². The lowest BCUT2D eigenvalue weighted by atomic mass is 9.91. The first kappa shape index (κ1) is 12.8. The molecule has 0 radical (unpaired) electrons.